The molecule has 6 nitrogen and oxygen atoms in total. The molecule has 0 amide bonds. The van der Waals surface area contributed by atoms with Crippen LogP contribution in [0.5, 0.6) is 0 Å². The third-order valence-electron chi connectivity index (χ3n) is 4.16. The Morgan fingerprint density at radius 3 is 2.52 bits per heavy atom. The molecule has 0 atom stereocenters. The Balaban J connectivity index is 1.48. The monoisotopic (exact) mass is 339 g/mol. The van der Waals surface area contributed by atoms with Gasteiger partial charge < -0.3 is 20.3 Å². The van der Waals surface area contributed by atoms with E-state index >= 15 is 0 Å². The molecule has 0 spiro atoms. The van der Waals surface area contributed by atoms with Crippen LogP contribution in [0, 0.1) is 0 Å². The Hall–Kier alpha value is -2.60. The third-order valence-corrected chi connectivity index (χ3v) is 4.16. The Morgan fingerprint density at radius 2 is 1.84 bits per heavy atom. The van der Waals surface area contributed by atoms with Crippen molar-refractivity contribution in [3.8, 4) is 0 Å². The van der Waals surface area contributed by atoms with Gasteiger partial charge in [0.15, 0.2) is 5.96 Å². The molecule has 1 saturated heterocycles. The zero-order valence-electron chi connectivity index (χ0n) is 14.6. The fourth-order valence-corrected chi connectivity index (χ4v) is 2.73. The van der Waals surface area contributed by atoms with Crippen molar-refractivity contribution in [1.29, 1.82) is 0 Å². The summed E-state index contributed by atoms with van der Waals surface area (Å²) < 4.78 is 5.40. The Bertz CT molecular complexity index is 666. The third kappa shape index (κ3) is 5.19. The second-order valence-corrected chi connectivity index (χ2v) is 5.87. The lowest BCUT2D eigenvalue weighted by Crippen LogP contribution is -2.37. The summed E-state index contributed by atoms with van der Waals surface area (Å²) in [4.78, 5) is 10.9. The molecule has 25 heavy (non-hydrogen) atoms. The average molecular weight is 339 g/mol. The zero-order valence-corrected chi connectivity index (χ0v) is 14.6. The van der Waals surface area contributed by atoms with Crippen LogP contribution in [-0.4, -0.2) is 44.3 Å². The molecule has 6 heteroatoms. The first-order valence-corrected chi connectivity index (χ1v) is 8.61. The van der Waals surface area contributed by atoms with Gasteiger partial charge in [-0.15, -0.1) is 0 Å². The lowest BCUT2D eigenvalue weighted by Gasteiger charge is -2.28. The fraction of sp³-hybridized carbons (Fsp3) is 0.368. The first-order valence-electron chi connectivity index (χ1n) is 8.61. The SMILES string of the molecule is CN=C(NCc1ccc(N2CCOCC2)cc1)NCc1ccccn1. The zero-order chi connectivity index (χ0) is 17.3. The highest BCUT2D eigenvalue weighted by atomic mass is 16.5. The highest BCUT2D eigenvalue weighted by Gasteiger charge is 2.10. The van der Waals surface area contributed by atoms with Gasteiger partial charge in [-0.1, -0.05) is 18.2 Å². The van der Waals surface area contributed by atoms with Crippen molar-refractivity contribution in [3.63, 3.8) is 0 Å². The van der Waals surface area contributed by atoms with Gasteiger partial charge in [-0.3, -0.25) is 9.98 Å². The van der Waals surface area contributed by atoms with Gasteiger partial charge in [0.25, 0.3) is 0 Å². The van der Waals surface area contributed by atoms with E-state index in [1.807, 2.05) is 18.2 Å². The van der Waals surface area contributed by atoms with Crippen LogP contribution in [0.2, 0.25) is 0 Å². The van der Waals surface area contributed by atoms with Crippen LogP contribution in [0.1, 0.15) is 11.3 Å². The highest BCUT2D eigenvalue weighted by molar-refractivity contribution is 5.79. The van der Waals surface area contributed by atoms with E-state index in [1.54, 1.807) is 13.2 Å². The molecule has 1 aromatic carbocycles. The van der Waals surface area contributed by atoms with E-state index in [1.165, 1.54) is 11.3 Å². The van der Waals surface area contributed by atoms with Gasteiger partial charge in [-0.25, -0.2) is 0 Å². The van der Waals surface area contributed by atoms with Crippen molar-refractivity contribution in [3.05, 3.63) is 59.9 Å². The lowest BCUT2D eigenvalue weighted by atomic mass is 10.2. The number of aromatic nitrogens is 1. The molecule has 0 unspecified atom stereocenters. The second kappa shape index (κ2) is 9.03. The lowest BCUT2D eigenvalue weighted by molar-refractivity contribution is 0.122. The maximum atomic E-state index is 5.40. The van der Waals surface area contributed by atoms with Gasteiger partial charge in [0, 0.05) is 38.6 Å². The molecule has 2 N–H and O–H groups in total. The number of hydrogen-bond acceptors (Lipinski definition) is 4. The van der Waals surface area contributed by atoms with E-state index < -0.39 is 0 Å². The number of ether oxygens (including phenoxy) is 1. The van der Waals surface area contributed by atoms with Crippen LogP contribution < -0.4 is 15.5 Å². The van der Waals surface area contributed by atoms with E-state index in [4.69, 9.17) is 4.74 Å². The van der Waals surface area contributed by atoms with Crippen molar-refractivity contribution >= 4 is 11.6 Å². The van der Waals surface area contributed by atoms with Gasteiger partial charge in [0.05, 0.1) is 25.5 Å². The Labute approximate surface area is 148 Å². The molecule has 2 aromatic rings. The predicted octanol–water partition coefficient (Wildman–Crippen LogP) is 1.78. The molecule has 3 rings (SSSR count). The standard InChI is InChI=1S/C19H25N5O/c1-20-19(23-15-17-4-2-3-9-21-17)22-14-16-5-7-18(8-6-16)24-10-12-25-13-11-24/h2-9H,10-15H2,1H3,(H2,20,22,23). The normalized spacial score (nSPS) is 15.1. The summed E-state index contributed by atoms with van der Waals surface area (Å²) in [6.45, 7) is 4.91. The van der Waals surface area contributed by atoms with Gasteiger partial charge in [-0.2, -0.15) is 0 Å². The molecule has 2 heterocycles. The van der Waals surface area contributed by atoms with Gasteiger partial charge in [0.1, 0.15) is 0 Å². The minimum absolute atomic E-state index is 0.649. The molecule has 1 aliphatic rings. The fourth-order valence-electron chi connectivity index (χ4n) is 2.73. The van der Waals surface area contributed by atoms with Crippen LogP contribution in [0.4, 0.5) is 5.69 Å². The number of pyridine rings is 1. The van der Waals surface area contributed by atoms with E-state index in [2.05, 4.69) is 49.8 Å². The highest BCUT2D eigenvalue weighted by Crippen LogP contribution is 2.16. The average Bonchev–Trinajstić information content (AvgIpc) is 2.70. The van der Waals surface area contributed by atoms with Gasteiger partial charge in [-0.05, 0) is 29.8 Å². The summed E-state index contributed by atoms with van der Waals surface area (Å²) in [6, 6.07) is 14.5. The number of hydrogen-bond donors (Lipinski definition) is 2. The number of aliphatic imine (C=N–C) groups is 1. The van der Waals surface area contributed by atoms with Crippen LogP contribution >= 0.6 is 0 Å². The minimum Gasteiger partial charge on any atom is -0.378 e. The molecule has 0 radical (unpaired) electrons. The van der Waals surface area contributed by atoms with Crippen LogP contribution in [-0.2, 0) is 17.8 Å². The Morgan fingerprint density at radius 1 is 1.08 bits per heavy atom. The van der Waals surface area contributed by atoms with Crippen LogP contribution in [0.3, 0.4) is 0 Å². The number of guanidine groups is 1. The first kappa shape index (κ1) is 17.2. The smallest absolute Gasteiger partial charge is 0.191 e. The second-order valence-electron chi connectivity index (χ2n) is 5.87. The summed E-state index contributed by atoms with van der Waals surface area (Å²) in [5, 5.41) is 6.61. The topological polar surface area (TPSA) is 61.8 Å². The largest absolute Gasteiger partial charge is 0.378 e. The van der Waals surface area contributed by atoms with Gasteiger partial charge in [0.2, 0.25) is 0 Å². The molecule has 0 bridgehead atoms. The number of morpholine rings is 1. The minimum atomic E-state index is 0.649. The summed E-state index contributed by atoms with van der Waals surface area (Å²) >= 11 is 0. The van der Waals surface area contributed by atoms with Crippen molar-refractivity contribution in [2.24, 2.45) is 4.99 Å². The first-order chi connectivity index (χ1) is 12.3. The van der Waals surface area contributed by atoms with Crippen molar-refractivity contribution in [1.82, 2.24) is 15.6 Å². The summed E-state index contributed by atoms with van der Waals surface area (Å²) in [5.74, 6) is 0.767. The maximum Gasteiger partial charge on any atom is 0.191 e. The predicted molar refractivity (Wildman–Crippen MR) is 101 cm³/mol. The molecular formula is C19H25N5O. The summed E-state index contributed by atoms with van der Waals surface area (Å²) in [5.41, 5.74) is 3.46. The number of benzene rings is 1. The number of nitrogens with zero attached hydrogens (tertiary/aromatic N) is 3. The molecular weight excluding hydrogens is 314 g/mol. The van der Waals surface area contributed by atoms with E-state index in [9.17, 15) is 0 Å². The van der Waals surface area contributed by atoms with Crippen molar-refractivity contribution < 1.29 is 4.74 Å². The quantitative estimate of drug-likeness (QED) is 0.642. The molecule has 132 valence electrons. The van der Waals surface area contributed by atoms with Crippen LogP contribution in [0.25, 0.3) is 0 Å². The number of anilines is 1. The Kier molecular flexibility index (Phi) is 6.23. The number of rotatable bonds is 5. The molecule has 1 aliphatic heterocycles. The van der Waals surface area contributed by atoms with Crippen molar-refractivity contribution in [2.45, 2.75) is 13.1 Å². The van der Waals surface area contributed by atoms with Crippen LogP contribution in [0.15, 0.2) is 53.7 Å². The van der Waals surface area contributed by atoms with E-state index in [0.717, 1.165) is 44.5 Å². The molecule has 1 aromatic heterocycles. The van der Waals surface area contributed by atoms with Gasteiger partial charge >= 0.3 is 0 Å². The van der Waals surface area contributed by atoms with E-state index in [-0.39, 0.29) is 0 Å². The van der Waals surface area contributed by atoms with Crippen molar-refractivity contribution in [2.75, 3.05) is 38.3 Å². The number of nitrogens with one attached hydrogen (secondary N) is 2. The summed E-state index contributed by atoms with van der Waals surface area (Å²) in [7, 11) is 1.77. The molecule has 0 saturated carbocycles. The molecule has 0 aliphatic carbocycles. The van der Waals surface area contributed by atoms with E-state index in [0.29, 0.717) is 6.54 Å². The summed E-state index contributed by atoms with van der Waals surface area (Å²) in [6.07, 6.45) is 1.79. The molecule has 1 fully saturated rings. The maximum absolute atomic E-state index is 5.40.